The Hall–Kier alpha value is -3.39. The van der Waals surface area contributed by atoms with Gasteiger partial charge in [0.15, 0.2) is 0 Å². The van der Waals surface area contributed by atoms with Crippen LogP contribution < -0.4 is 10.2 Å². The highest BCUT2D eigenvalue weighted by atomic mass is 35.5. The van der Waals surface area contributed by atoms with Crippen molar-refractivity contribution in [1.82, 2.24) is 15.1 Å². The Morgan fingerprint density at radius 3 is 2.27 bits per heavy atom. The van der Waals surface area contributed by atoms with Gasteiger partial charge in [0.25, 0.3) is 11.8 Å². The molecular weight excluding hydrogens is 572 g/mol. The van der Waals surface area contributed by atoms with E-state index in [1.807, 2.05) is 67.3 Å². The zero-order chi connectivity index (χ0) is 31.1. The minimum atomic E-state index is 0.0147. The number of anilines is 1. The summed E-state index contributed by atoms with van der Waals surface area (Å²) in [5, 5.41) is 3.88. The summed E-state index contributed by atoms with van der Waals surface area (Å²) in [6.45, 7) is 12.1. The van der Waals surface area contributed by atoms with Crippen LogP contribution in [-0.4, -0.2) is 79.6 Å². The van der Waals surface area contributed by atoms with Gasteiger partial charge in [-0.05, 0) is 93.1 Å². The van der Waals surface area contributed by atoms with Gasteiger partial charge in [-0.3, -0.25) is 9.59 Å². The highest BCUT2D eigenvalue weighted by molar-refractivity contribution is 6.30. The fourth-order valence-electron chi connectivity index (χ4n) is 6.48. The molecule has 0 spiro atoms. The summed E-state index contributed by atoms with van der Waals surface area (Å²) in [6.07, 6.45) is 2.98. The van der Waals surface area contributed by atoms with E-state index in [0.717, 1.165) is 66.3 Å². The van der Waals surface area contributed by atoms with Crippen LogP contribution in [0.5, 0.6) is 0 Å². The van der Waals surface area contributed by atoms with Crippen molar-refractivity contribution in [1.29, 1.82) is 0 Å². The summed E-state index contributed by atoms with van der Waals surface area (Å²) in [5.74, 6) is 0.0783. The molecule has 2 aliphatic heterocycles. The maximum atomic E-state index is 13.0. The van der Waals surface area contributed by atoms with Crippen LogP contribution in [0.25, 0.3) is 0 Å². The number of morpholine rings is 1. The topological polar surface area (TPSA) is 65.1 Å². The SMILES string of the molecule is Cc1cccc(C)c1C(=O)NCCC(C)N1CCC(N(Cc2cccc(Cl)c2)c2ccc(C(=O)N3CCOCC3)cc2)CC1. The molecular formula is C36H45ClN4O3. The molecule has 8 heteroatoms. The number of piperidine rings is 1. The monoisotopic (exact) mass is 616 g/mol. The molecule has 0 aromatic heterocycles. The lowest BCUT2D eigenvalue weighted by Gasteiger charge is -2.42. The second-order valence-corrected chi connectivity index (χ2v) is 12.6. The number of aryl methyl sites for hydroxylation is 2. The van der Waals surface area contributed by atoms with Crippen LogP contribution in [0, 0.1) is 13.8 Å². The van der Waals surface area contributed by atoms with E-state index in [9.17, 15) is 9.59 Å². The number of hydrogen-bond donors (Lipinski definition) is 1. The van der Waals surface area contributed by atoms with Gasteiger partial charge in [-0.2, -0.15) is 0 Å². The van der Waals surface area contributed by atoms with E-state index in [0.29, 0.717) is 50.5 Å². The van der Waals surface area contributed by atoms with E-state index >= 15 is 0 Å². The normalized spacial score (nSPS) is 16.9. The highest BCUT2D eigenvalue weighted by Gasteiger charge is 2.28. The van der Waals surface area contributed by atoms with Gasteiger partial charge in [0.05, 0.1) is 13.2 Å². The zero-order valence-corrected chi connectivity index (χ0v) is 27.0. The van der Waals surface area contributed by atoms with Crippen LogP contribution in [-0.2, 0) is 11.3 Å². The Morgan fingerprint density at radius 2 is 1.61 bits per heavy atom. The largest absolute Gasteiger partial charge is 0.378 e. The van der Waals surface area contributed by atoms with E-state index in [2.05, 4.69) is 40.2 Å². The molecule has 0 bridgehead atoms. The summed E-state index contributed by atoms with van der Waals surface area (Å²) in [6, 6.07) is 22.9. The molecule has 2 saturated heterocycles. The van der Waals surface area contributed by atoms with E-state index in [1.54, 1.807) is 0 Å². The second-order valence-electron chi connectivity index (χ2n) is 12.1. The molecule has 0 radical (unpaired) electrons. The number of carbonyl (C=O) groups excluding carboxylic acids is 2. The first kappa shape index (κ1) is 32.0. The lowest BCUT2D eigenvalue weighted by atomic mass is 9.99. The molecule has 2 amide bonds. The molecule has 1 unspecified atom stereocenters. The molecule has 1 N–H and O–H groups in total. The molecule has 2 aliphatic rings. The Balaban J connectivity index is 1.20. The van der Waals surface area contributed by atoms with Gasteiger partial charge in [0.2, 0.25) is 0 Å². The summed E-state index contributed by atoms with van der Waals surface area (Å²) < 4.78 is 5.41. The first-order valence-electron chi connectivity index (χ1n) is 15.9. The third-order valence-corrected chi connectivity index (χ3v) is 9.34. The molecule has 0 aliphatic carbocycles. The van der Waals surface area contributed by atoms with E-state index in [1.165, 1.54) is 5.56 Å². The minimum Gasteiger partial charge on any atom is -0.378 e. The van der Waals surface area contributed by atoms with Crippen molar-refractivity contribution in [3.05, 3.63) is 99.6 Å². The molecule has 2 fully saturated rings. The Bertz CT molecular complexity index is 1390. The second kappa shape index (κ2) is 15.1. The number of halogens is 1. The van der Waals surface area contributed by atoms with Gasteiger partial charge in [0.1, 0.15) is 0 Å². The summed E-state index contributed by atoms with van der Waals surface area (Å²) in [7, 11) is 0. The molecule has 0 saturated carbocycles. The Labute approximate surface area is 267 Å². The number of nitrogens with one attached hydrogen (secondary N) is 1. The van der Waals surface area contributed by atoms with Crippen molar-refractivity contribution in [2.75, 3.05) is 50.8 Å². The number of likely N-dealkylation sites (tertiary alicyclic amines) is 1. The van der Waals surface area contributed by atoms with Gasteiger partial charge in [0, 0.05) is 73.2 Å². The van der Waals surface area contributed by atoms with Gasteiger partial charge in [-0.15, -0.1) is 0 Å². The lowest BCUT2D eigenvalue weighted by molar-refractivity contribution is 0.0303. The summed E-state index contributed by atoms with van der Waals surface area (Å²) >= 11 is 6.35. The third kappa shape index (κ3) is 8.00. The van der Waals surface area contributed by atoms with Gasteiger partial charge < -0.3 is 24.8 Å². The molecule has 3 aromatic carbocycles. The predicted molar refractivity (Wildman–Crippen MR) is 178 cm³/mol. The molecule has 2 heterocycles. The fraction of sp³-hybridized carbons (Fsp3) is 0.444. The van der Waals surface area contributed by atoms with Gasteiger partial charge >= 0.3 is 0 Å². The van der Waals surface area contributed by atoms with E-state index in [-0.39, 0.29) is 11.8 Å². The number of benzene rings is 3. The van der Waals surface area contributed by atoms with Gasteiger partial charge in [-0.1, -0.05) is 41.9 Å². The summed E-state index contributed by atoms with van der Waals surface area (Å²) in [5.41, 5.74) is 5.81. The van der Waals surface area contributed by atoms with Crippen LogP contribution >= 0.6 is 11.6 Å². The number of ether oxygens (including phenoxy) is 1. The van der Waals surface area contributed by atoms with Crippen molar-refractivity contribution >= 4 is 29.1 Å². The third-order valence-electron chi connectivity index (χ3n) is 9.11. The van der Waals surface area contributed by atoms with Gasteiger partial charge in [-0.25, -0.2) is 0 Å². The van der Waals surface area contributed by atoms with Crippen LogP contribution in [0.4, 0.5) is 5.69 Å². The summed E-state index contributed by atoms with van der Waals surface area (Å²) in [4.78, 5) is 32.8. The Morgan fingerprint density at radius 1 is 0.955 bits per heavy atom. The number of amides is 2. The van der Waals surface area contributed by atoms with Crippen LogP contribution in [0.15, 0.2) is 66.7 Å². The molecule has 1 atom stereocenters. The zero-order valence-electron chi connectivity index (χ0n) is 26.2. The van der Waals surface area contributed by atoms with Crippen LogP contribution in [0.3, 0.4) is 0 Å². The van der Waals surface area contributed by atoms with Crippen molar-refractivity contribution < 1.29 is 14.3 Å². The highest BCUT2D eigenvalue weighted by Crippen LogP contribution is 2.28. The van der Waals surface area contributed by atoms with Crippen LogP contribution in [0.2, 0.25) is 5.02 Å². The number of rotatable bonds is 10. The maximum Gasteiger partial charge on any atom is 0.254 e. The molecule has 44 heavy (non-hydrogen) atoms. The molecule has 5 rings (SSSR count). The number of nitrogens with zero attached hydrogens (tertiary/aromatic N) is 3. The van der Waals surface area contributed by atoms with E-state index in [4.69, 9.17) is 16.3 Å². The molecule has 234 valence electrons. The lowest BCUT2D eigenvalue weighted by Crippen LogP contribution is -2.48. The standard InChI is InChI=1S/C36H45ClN4O3/c1-26-6-4-7-27(2)34(26)35(42)38-17-14-28(3)39-18-15-33(16-19-39)41(25-29-8-5-9-31(37)24-29)32-12-10-30(11-13-32)36(43)40-20-22-44-23-21-40/h4-13,24,28,33H,14-23,25H2,1-3H3,(H,38,42). The van der Waals surface area contributed by atoms with Crippen molar-refractivity contribution in [2.24, 2.45) is 0 Å². The smallest absolute Gasteiger partial charge is 0.254 e. The average Bonchev–Trinajstić information content (AvgIpc) is 3.04. The first-order valence-corrected chi connectivity index (χ1v) is 16.2. The predicted octanol–water partition coefficient (Wildman–Crippen LogP) is 6.11. The van der Waals surface area contributed by atoms with Crippen LogP contribution in [0.1, 0.15) is 63.6 Å². The van der Waals surface area contributed by atoms with E-state index < -0.39 is 0 Å². The maximum absolute atomic E-state index is 13.0. The van der Waals surface area contributed by atoms with Crippen molar-refractivity contribution in [3.63, 3.8) is 0 Å². The van der Waals surface area contributed by atoms with Crippen molar-refractivity contribution in [3.8, 4) is 0 Å². The molecule has 3 aromatic rings. The fourth-order valence-corrected chi connectivity index (χ4v) is 6.70. The average molecular weight is 617 g/mol. The number of hydrogen-bond acceptors (Lipinski definition) is 5. The quantitative estimate of drug-likeness (QED) is 0.298. The first-order chi connectivity index (χ1) is 21.3. The molecule has 7 nitrogen and oxygen atoms in total. The Kier molecular flexibility index (Phi) is 11.0. The minimum absolute atomic E-state index is 0.0147. The number of carbonyl (C=O) groups is 2. The van der Waals surface area contributed by atoms with Crippen molar-refractivity contribution in [2.45, 2.75) is 58.7 Å².